The predicted octanol–water partition coefficient (Wildman–Crippen LogP) is 4.91. The third-order valence-corrected chi connectivity index (χ3v) is 5.93. The Morgan fingerprint density at radius 3 is 2.20 bits per heavy atom. The van der Waals surface area contributed by atoms with Crippen molar-refractivity contribution in [1.29, 1.82) is 0 Å². The molecule has 3 aromatic rings. The molecule has 1 unspecified atom stereocenters. The Labute approximate surface area is 215 Å². The van der Waals surface area contributed by atoms with Gasteiger partial charge in [0, 0.05) is 34.7 Å². The summed E-state index contributed by atoms with van der Waals surface area (Å²) in [6, 6.07) is 17.1. The number of phenolic OH excluding ortho intramolecular Hbond substituents is 2. The molecule has 0 aliphatic carbocycles. The van der Waals surface area contributed by atoms with Crippen LogP contribution in [0.3, 0.4) is 0 Å². The summed E-state index contributed by atoms with van der Waals surface area (Å²) in [6.07, 6.45) is 0.0219. The zero-order valence-corrected chi connectivity index (χ0v) is 21.2. The number of halogens is 2. The normalized spacial score (nSPS) is 12.4. The van der Waals surface area contributed by atoms with Crippen LogP contribution in [0.5, 0.6) is 11.5 Å². The zero-order valence-electron chi connectivity index (χ0n) is 19.7. The SMILES string of the molecule is CC(C)(Cc1cccc(CC(=O)NCc2cc(Cl)cc(Cl)c2)c1)NCC(O)c1cc(O)cc(O)c1. The van der Waals surface area contributed by atoms with E-state index < -0.39 is 6.10 Å². The van der Waals surface area contributed by atoms with E-state index in [2.05, 4.69) is 10.6 Å². The summed E-state index contributed by atoms with van der Waals surface area (Å²) in [4.78, 5) is 12.5. The lowest BCUT2D eigenvalue weighted by atomic mass is 9.93. The van der Waals surface area contributed by atoms with Crippen LogP contribution in [0.2, 0.25) is 10.0 Å². The Balaban J connectivity index is 1.53. The van der Waals surface area contributed by atoms with Crippen LogP contribution in [0.4, 0.5) is 0 Å². The lowest BCUT2D eigenvalue weighted by Gasteiger charge is -2.28. The van der Waals surface area contributed by atoms with Crippen LogP contribution in [0.15, 0.2) is 60.7 Å². The molecular weight excluding hydrogens is 487 g/mol. The number of amides is 1. The minimum absolute atomic E-state index is 0.101. The summed E-state index contributed by atoms with van der Waals surface area (Å²) in [6.45, 7) is 4.63. The highest BCUT2D eigenvalue weighted by molar-refractivity contribution is 6.34. The molecule has 3 aromatic carbocycles. The summed E-state index contributed by atoms with van der Waals surface area (Å²) in [5.41, 5.74) is 2.86. The number of β-amino-alcohol motifs (C(OH)–C–C–N with tert-alkyl or cyclic N) is 1. The molecule has 0 saturated carbocycles. The van der Waals surface area contributed by atoms with Gasteiger partial charge in [0.05, 0.1) is 12.5 Å². The first-order chi connectivity index (χ1) is 16.5. The van der Waals surface area contributed by atoms with Gasteiger partial charge in [-0.1, -0.05) is 47.5 Å². The molecule has 0 aliphatic heterocycles. The molecule has 1 amide bonds. The molecule has 3 rings (SSSR count). The molecule has 35 heavy (non-hydrogen) atoms. The maximum Gasteiger partial charge on any atom is 0.224 e. The molecule has 0 radical (unpaired) electrons. The van der Waals surface area contributed by atoms with E-state index in [4.69, 9.17) is 23.2 Å². The number of aromatic hydroxyl groups is 2. The standard InChI is InChI=1S/C27H30Cl2N2O4/c1-27(2,31-16-25(34)20-10-23(32)13-24(33)11-20)14-18-5-3-4-17(6-18)9-26(35)30-15-19-7-21(28)12-22(29)8-19/h3-8,10-13,25,31-34H,9,14-16H2,1-2H3,(H,30,35). The highest BCUT2D eigenvalue weighted by Gasteiger charge is 2.20. The second-order valence-corrected chi connectivity index (χ2v) is 10.2. The van der Waals surface area contributed by atoms with Crippen molar-refractivity contribution < 1.29 is 20.1 Å². The Kier molecular flexibility index (Phi) is 9.03. The molecular formula is C27H30Cl2N2O4. The Morgan fingerprint density at radius 2 is 1.54 bits per heavy atom. The van der Waals surface area contributed by atoms with Crippen LogP contribution < -0.4 is 10.6 Å². The molecule has 0 spiro atoms. The molecule has 186 valence electrons. The van der Waals surface area contributed by atoms with Gasteiger partial charge in [-0.2, -0.15) is 0 Å². The fourth-order valence-electron chi connectivity index (χ4n) is 3.89. The van der Waals surface area contributed by atoms with E-state index in [1.165, 1.54) is 18.2 Å². The van der Waals surface area contributed by atoms with Crippen molar-refractivity contribution in [1.82, 2.24) is 10.6 Å². The first-order valence-corrected chi connectivity index (χ1v) is 12.0. The number of aliphatic hydroxyl groups is 1. The van der Waals surface area contributed by atoms with Crippen molar-refractivity contribution in [3.05, 3.63) is 93.0 Å². The minimum atomic E-state index is -0.892. The molecule has 8 heteroatoms. The number of aliphatic hydroxyl groups excluding tert-OH is 1. The van der Waals surface area contributed by atoms with Crippen molar-refractivity contribution in [2.24, 2.45) is 0 Å². The van der Waals surface area contributed by atoms with Gasteiger partial charge in [0.2, 0.25) is 5.91 Å². The fraction of sp³-hybridized carbons (Fsp3) is 0.296. The van der Waals surface area contributed by atoms with Gasteiger partial charge in [0.1, 0.15) is 11.5 Å². The number of nitrogens with one attached hydrogen (secondary N) is 2. The molecule has 0 saturated heterocycles. The predicted molar refractivity (Wildman–Crippen MR) is 139 cm³/mol. The lowest BCUT2D eigenvalue weighted by molar-refractivity contribution is -0.120. The summed E-state index contributed by atoms with van der Waals surface area (Å²) >= 11 is 12.0. The van der Waals surface area contributed by atoms with Crippen LogP contribution in [0, 0.1) is 0 Å². The molecule has 0 fully saturated rings. The number of hydrogen-bond donors (Lipinski definition) is 5. The van der Waals surface area contributed by atoms with Crippen molar-refractivity contribution in [3.8, 4) is 11.5 Å². The summed E-state index contributed by atoms with van der Waals surface area (Å²) in [5.74, 6) is -0.306. The summed E-state index contributed by atoms with van der Waals surface area (Å²) < 4.78 is 0. The van der Waals surface area contributed by atoms with Crippen LogP contribution in [-0.2, 0) is 24.2 Å². The Morgan fingerprint density at radius 1 is 0.914 bits per heavy atom. The second kappa shape index (κ2) is 11.8. The van der Waals surface area contributed by atoms with E-state index in [1.807, 2.05) is 38.1 Å². The van der Waals surface area contributed by atoms with E-state index in [0.29, 0.717) is 28.6 Å². The van der Waals surface area contributed by atoms with Crippen LogP contribution >= 0.6 is 23.2 Å². The first kappa shape index (κ1) is 26.8. The summed E-state index contributed by atoms with van der Waals surface area (Å²) in [7, 11) is 0. The molecule has 6 nitrogen and oxygen atoms in total. The number of rotatable bonds is 10. The van der Waals surface area contributed by atoms with E-state index >= 15 is 0 Å². The van der Waals surface area contributed by atoms with Gasteiger partial charge < -0.3 is 26.0 Å². The Hall–Kier alpha value is -2.77. The highest BCUT2D eigenvalue weighted by Crippen LogP contribution is 2.25. The molecule has 0 bridgehead atoms. The van der Waals surface area contributed by atoms with Gasteiger partial charge in [0.25, 0.3) is 0 Å². The largest absolute Gasteiger partial charge is 0.508 e. The van der Waals surface area contributed by atoms with Gasteiger partial charge in [-0.3, -0.25) is 4.79 Å². The van der Waals surface area contributed by atoms with Crippen LogP contribution in [0.25, 0.3) is 0 Å². The van der Waals surface area contributed by atoms with E-state index in [1.54, 1.807) is 18.2 Å². The topological polar surface area (TPSA) is 102 Å². The van der Waals surface area contributed by atoms with Gasteiger partial charge in [-0.05, 0) is 72.9 Å². The quantitative estimate of drug-likeness (QED) is 0.263. The maximum atomic E-state index is 12.5. The Bertz CT molecular complexity index is 1140. The van der Waals surface area contributed by atoms with Crippen LogP contribution in [-0.4, -0.2) is 33.3 Å². The highest BCUT2D eigenvalue weighted by atomic mass is 35.5. The third-order valence-electron chi connectivity index (χ3n) is 5.50. The average Bonchev–Trinajstić information content (AvgIpc) is 2.75. The van der Waals surface area contributed by atoms with E-state index in [-0.39, 0.29) is 35.9 Å². The van der Waals surface area contributed by atoms with Crippen LogP contribution in [0.1, 0.15) is 42.2 Å². The molecule has 5 N–H and O–H groups in total. The average molecular weight is 517 g/mol. The minimum Gasteiger partial charge on any atom is -0.508 e. The first-order valence-electron chi connectivity index (χ1n) is 11.2. The fourth-order valence-corrected chi connectivity index (χ4v) is 4.46. The second-order valence-electron chi connectivity index (χ2n) is 9.29. The van der Waals surface area contributed by atoms with Crippen molar-refractivity contribution >= 4 is 29.1 Å². The van der Waals surface area contributed by atoms with Gasteiger partial charge in [-0.25, -0.2) is 0 Å². The number of benzene rings is 3. The lowest BCUT2D eigenvalue weighted by Crippen LogP contribution is -2.43. The van der Waals surface area contributed by atoms with Gasteiger partial charge in [0.15, 0.2) is 0 Å². The number of phenols is 2. The maximum absolute atomic E-state index is 12.5. The van der Waals surface area contributed by atoms with Crippen molar-refractivity contribution in [3.63, 3.8) is 0 Å². The molecule has 0 aromatic heterocycles. The third kappa shape index (κ3) is 8.75. The number of hydrogen-bond acceptors (Lipinski definition) is 5. The van der Waals surface area contributed by atoms with Crippen molar-refractivity contribution in [2.45, 2.75) is 44.9 Å². The number of carbonyl (C=O) groups is 1. The molecule has 1 atom stereocenters. The van der Waals surface area contributed by atoms with E-state index in [0.717, 1.165) is 16.7 Å². The van der Waals surface area contributed by atoms with Crippen molar-refractivity contribution in [2.75, 3.05) is 6.54 Å². The van der Waals surface area contributed by atoms with Gasteiger partial charge in [-0.15, -0.1) is 0 Å². The van der Waals surface area contributed by atoms with Gasteiger partial charge >= 0.3 is 0 Å². The molecule has 0 heterocycles. The molecule has 0 aliphatic rings. The smallest absolute Gasteiger partial charge is 0.224 e. The van der Waals surface area contributed by atoms with E-state index in [9.17, 15) is 20.1 Å². The zero-order chi connectivity index (χ0) is 25.6. The summed E-state index contributed by atoms with van der Waals surface area (Å²) in [5, 5.41) is 37.0. The number of carbonyl (C=O) groups excluding carboxylic acids is 1. The monoisotopic (exact) mass is 516 g/mol.